The van der Waals surface area contributed by atoms with Gasteiger partial charge in [0, 0.05) is 5.69 Å². The molecule has 5 nitrogen and oxygen atoms in total. The second kappa shape index (κ2) is 6.69. The van der Waals surface area contributed by atoms with E-state index in [4.69, 9.17) is 4.74 Å². The summed E-state index contributed by atoms with van der Waals surface area (Å²) < 4.78 is 5.66. The standard InChI is InChI=1S/C20H21NO4/c1-20(2,19(23)24)14-7-9-15(10-8-14)21-18(22)17-16-6-4-3-5-13(16)11-12-25-17/h3-10,17H,11-12H2,1-2H3,(H,21,22)(H,23,24). The number of hydrogen-bond acceptors (Lipinski definition) is 3. The summed E-state index contributed by atoms with van der Waals surface area (Å²) in [6.07, 6.45) is 0.180. The number of carbonyl (C=O) groups is 2. The lowest BCUT2D eigenvalue weighted by Gasteiger charge is -2.25. The number of ether oxygens (including phenoxy) is 1. The minimum absolute atomic E-state index is 0.225. The molecular weight excluding hydrogens is 318 g/mol. The van der Waals surface area contributed by atoms with Crippen LogP contribution in [0.25, 0.3) is 0 Å². The van der Waals surface area contributed by atoms with Crippen LogP contribution in [0.15, 0.2) is 48.5 Å². The van der Waals surface area contributed by atoms with Gasteiger partial charge in [0.05, 0.1) is 12.0 Å². The van der Waals surface area contributed by atoms with E-state index in [0.717, 1.165) is 17.5 Å². The first-order valence-electron chi connectivity index (χ1n) is 8.24. The van der Waals surface area contributed by atoms with E-state index in [2.05, 4.69) is 5.32 Å². The number of carboxylic acid groups (broad SMARTS) is 1. The highest BCUT2D eigenvalue weighted by Gasteiger charge is 2.30. The molecule has 3 rings (SSSR count). The van der Waals surface area contributed by atoms with Crippen molar-refractivity contribution in [1.82, 2.24) is 0 Å². The molecule has 1 heterocycles. The fourth-order valence-corrected chi connectivity index (χ4v) is 2.91. The minimum Gasteiger partial charge on any atom is -0.481 e. The largest absolute Gasteiger partial charge is 0.481 e. The number of carbonyl (C=O) groups excluding carboxylic acids is 1. The second-order valence-corrected chi connectivity index (χ2v) is 6.70. The predicted octanol–water partition coefficient (Wildman–Crippen LogP) is 3.30. The van der Waals surface area contributed by atoms with Crippen molar-refractivity contribution in [2.75, 3.05) is 11.9 Å². The number of aliphatic carboxylic acids is 1. The molecule has 0 spiro atoms. The van der Waals surface area contributed by atoms with Crippen molar-refractivity contribution >= 4 is 17.6 Å². The van der Waals surface area contributed by atoms with Gasteiger partial charge in [0.1, 0.15) is 0 Å². The van der Waals surface area contributed by atoms with Crippen molar-refractivity contribution in [2.45, 2.75) is 31.8 Å². The zero-order valence-corrected chi connectivity index (χ0v) is 14.3. The highest BCUT2D eigenvalue weighted by molar-refractivity contribution is 5.95. The number of amides is 1. The van der Waals surface area contributed by atoms with Crippen LogP contribution in [0.1, 0.15) is 36.6 Å². The Morgan fingerprint density at radius 1 is 1.12 bits per heavy atom. The Labute approximate surface area is 146 Å². The van der Waals surface area contributed by atoms with E-state index in [0.29, 0.717) is 17.9 Å². The third-order valence-electron chi connectivity index (χ3n) is 4.64. The molecule has 1 aliphatic heterocycles. The third kappa shape index (κ3) is 3.42. The summed E-state index contributed by atoms with van der Waals surface area (Å²) in [4.78, 5) is 23.9. The van der Waals surface area contributed by atoms with Crippen molar-refractivity contribution in [3.05, 3.63) is 65.2 Å². The maximum Gasteiger partial charge on any atom is 0.313 e. The molecule has 0 radical (unpaired) electrons. The first kappa shape index (κ1) is 17.2. The normalized spacial score (nSPS) is 16.8. The fourth-order valence-electron chi connectivity index (χ4n) is 2.91. The average Bonchev–Trinajstić information content (AvgIpc) is 2.61. The second-order valence-electron chi connectivity index (χ2n) is 6.70. The lowest BCUT2D eigenvalue weighted by atomic mass is 9.85. The first-order valence-corrected chi connectivity index (χ1v) is 8.24. The van der Waals surface area contributed by atoms with Crippen LogP contribution in [0, 0.1) is 0 Å². The molecule has 2 aromatic rings. The quantitative estimate of drug-likeness (QED) is 0.896. The molecule has 1 aliphatic rings. The molecule has 25 heavy (non-hydrogen) atoms. The molecule has 0 aliphatic carbocycles. The lowest BCUT2D eigenvalue weighted by molar-refractivity contribution is -0.142. The zero-order chi connectivity index (χ0) is 18.0. The molecule has 0 saturated heterocycles. The van der Waals surface area contributed by atoms with Gasteiger partial charge in [-0.2, -0.15) is 0 Å². The van der Waals surface area contributed by atoms with E-state index in [1.54, 1.807) is 38.1 Å². The number of carboxylic acids is 1. The maximum atomic E-state index is 12.6. The summed E-state index contributed by atoms with van der Waals surface area (Å²) in [6, 6.07) is 14.7. The number of rotatable bonds is 4. The number of fused-ring (bicyclic) bond motifs is 1. The van der Waals surface area contributed by atoms with E-state index in [1.807, 2.05) is 24.3 Å². The molecule has 2 N–H and O–H groups in total. The van der Waals surface area contributed by atoms with Crippen LogP contribution in [-0.4, -0.2) is 23.6 Å². The van der Waals surface area contributed by atoms with E-state index >= 15 is 0 Å². The monoisotopic (exact) mass is 339 g/mol. The van der Waals surface area contributed by atoms with Gasteiger partial charge in [-0.3, -0.25) is 9.59 Å². The van der Waals surface area contributed by atoms with Gasteiger partial charge in [0.15, 0.2) is 6.10 Å². The van der Waals surface area contributed by atoms with Crippen LogP contribution in [0.5, 0.6) is 0 Å². The summed E-state index contributed by atoms with van der Waals surface area (Å²) >= 11 is 0. The van der Waals surface area contributed by atoms with Gasteiger partial charge in [-0.1, -0.05) is 36.4 Å². The molecule has 0 fully saturated rings. The number of anilines is 1. The Balaban J connectivity index is 1.75. The highest BCUT2D eigenvalue weighted by atomic mass is 16.5. The van der Waals surface area contributed by atoms with Gasteiger partial charge >= 0.3 is 5.97 Å². The van der Waals surface area contributed by atoms with Crippen molar-refractivity contribution in [3.8, 4) is 0 Å². The molecule has 5 heteroatoms. The van der Waals surface area contributed by atoms with Gasteiger partial charge in [0.2, 0.25) is 0 Å². The summed E-state index contributed by atoms with van der Waals surface area (Å²) in [6.45, 7) is 3.81. The molecular formula is C20H21NO4. The van der Waals surface area contributed by atoms with Crippen LogP contribution in [0.4, 0.5) is 5.69 Å². The Kier molecular flexibility index (Phi) is 4.59. The highest BCUT2D eigenvalue weighted by Crippen LogP contribution is 2.29. The number of hydrogen-bond donors (Lipinski definition) is 2. The third-order valence-corrected chi connectivity index (χ3v) is 4.64. The minimum atomic E-state index is -0.978. The molecule has 130 valence electrons. The van der Waals surface area contributed by atoms with Crippen molar-refractivity contribution in [2.24, 2.45) is 0 Å². The Hall–Kier alpha value is -2.66. The van der Waals surface area contributed by atoms with Gasteiger partial charge in [-0.25, -0.2) is 0 Å². The maximum absolute atomic E-state index is 12.6. The topological polar surface area (TPSA) is 75.6 Å². The van der Waals surface area contributed by atoms with E-state index in [9.17, 15) is 14.7 Å². The molecule has 0 bridgehead atoms. The number of benzene rings is 2. The van der Waals surface area contributed by atoms with Gasteiger partial charge in [-0.15, -0.1) is 0 Å². The Morgan fingerprint density at radius 3 is 2.48 bits per heavy atom. The van der Waals surface area contributed by atoms with Crippen LogP contribution >= 0.6 is 0 Å². The van der Waals surface area contributed by atoms with Crippen LogP contribution in [0.3, 0.4) is 0 Å². The van der Waals surface area contributed by atoms with Gasteiger partial charge < -0.3 is 15.2 Å². The summed E-state index contributed by atoms with van der Waals surface area (Å²) in [5, 5.41) is 12.1. The molecule has 1 amide bonds. The Morgan fingerprint density at radius 2 is 1.80 bits per heavy atom. The Bertz CT molecular complexity index is 796. The summed E-state index contributed by atoms with van der Waals surface area (Å²) in [7, 11) is 0. The first-order chi connectivity index (χ1) is 11.9. The molecule has 0 saturated carbocycles. The molecule has 0 aromatic heterocycles. The molecule has 2 aromatic carbocycles. The van der Waals surface area contributed by atoms with Crippen molar-refractivity contribution in [1.29, 1.82) is 0 Å². The van der Waals surface area contributed by atoms with Crippen molar-refractivity contribution in [3.63, 3.8) is 0 Å². The smallest absolute Gasteiger partial charge is 0.313 e. The van der Waals surface area contributed by atoms with Crippen LogP contribution < -0.4 is 5.32 Å². The van der Waals surface area contributed by atoms with E-state index < -0.39 is 17.5 Å². The molecule has 1 atom stereocenters. The van der Waals surface area contributed by atoms with Crippen LogP contribution in [0.2, 0.25) is 0 Å². The SMILES string of the molecule is CC(C)(C(=O)O)c1ccc(NC(=O)C2OCCc3ccccc32)cc1. The van der Waals surface area contributed by atoms with Gasteiger partial charge in [0.25, 0.3) is 5.91 Å². The summed E-state index contributed by atoms with van der Waals surface area (Å²) in [5.74, 6) is -1.12. The van der Waals surface area contributed by atoms with Crippen molar-refractivity contribution < 1.29 is 19.4 Å². The number of nitrogens with one attached hydrogen (secondary N) is 1. The predicted molar refractivity (Wildman–Crippen MR) is 94.6 cm³/mol. The van der Waals surface area contributed by atoms with E-state index in [-0.39, 0.29) is 5.91 Å². The van der Waals surface area contributed by atoms with Gasteiger partial charge in [-0.05, 0) is 49.1 Å². The zero-order valence-electron chi connectivity index (χ0n) is 14.3. The summed E-state index contributed by atoms with van der Waals surface area (Å²) in [5.41, 5.74) is 2.34. The lowest BCUT2D eigenvalue weighted by Crippen LogP contribution is -2.29. The average molecular weight is 339 g/mol. The van der Waals surface area contributed by atoms with Crippen LogP contribution in [-0.2, 0) is 26.2 Å². The van der Waals surface area contributed by atoms with E-state index in [1.165, 1.54) is 0 Å². The molecule has 1 unspecified atom stereocenters. The fraction of sp³-hybridized carbons (Fsp3) is 0.300.